The van der Waals surface area contributed by atoms with Crippen LogP contribution in [0.15, 0.2) is 95.2 Å². The summed E-state index contributed by atoms with van der Waals surface area (Å²) in [6, 6.07) is 0. The Kier molecular flexibility index (Phi) is 4.10. The van der Waals surface area contributed by atoms with Gasteiger partial charge in [-0.25, -0.2) is 0 Å². The monoisotopic (exact) mass is 382 g/mol. The minimum atomic E-state index is -0.677. The Bertz CT molecular complexity index is 962. The van der Waals surface area contributed by atoms with Crippen molar-refractivity contribution in [1.29, 1.82) is 0 Å². The summed E-state index contributed by atoms with van der Waals surface area (Å²) in [5.74, 6) is 2.24. The molecule has 0 aromatic heterocycles. The van der Waals surface area contributed by atoms with Crippen LogP contribution < -0.4 is 0 Å². The van der Waals surface area contributed by atoms with Gasteiger partial charge in [0, 0.05) is 17.8 Å². The van der Waals surface area contributed by atoms with E-state index in [0.717, 1.165) is 19.3 Å². The molecule has 6 atom stereocenters. The number of hydrogen-bond acceptors (Lipinski definition) is 1. The van der Waals surface area contributed by atoms with E-state index in [-0.39, 0.29) is 5.92 Å². The van der Waals surface area contributed by atoms with Gasteiger partial charge in [-0.15, -0.1) is 0 Å². The fraction of sp³-hybridized carbons (Fsp3) is 0.429. The summed E-state index contributed by atoms with van der Waals surface area (Å²) in [7, 11) is 0. The number of aliphatic hydroxyl groups is 1. The maximum absolute atomic E-state index is 12.3. The van der Waals surface area contributed by atoms with Crippen LogP contribution in [0.4, 0.5) is 0 Å². The molecule has 0 radical (unpaired) electrons. The first-order chi connectivity index (χ1) is 14.3. The second-order valence-corrected chi connectivity index (χ2v) is 9.67. The van der Waals surface area contributed by atoms with Crippen molar-refractivity contribution in [3.63, 3.8) is 0 Å². The summed E-state index contributed by atoms with van der Waals surface area (Å²) in [6.45, 7) is 0. The predicted molar refractivity (Wildman–Crippen MR) is 119 cm³/mol. The zero-order valence-corrected chi connectivity index (χ0v) is 17.0. The highest BCUT2D eigenvalue weighted by Gasteiger charge is 2.51. The van der Waals surface area contributed by atoms with E-state index in [1.807, 2.05) is 0 Å². The molecule has 0 aliphatic heterocycles. The minimum Gasteiger partial charge on any atom is -0.385 e. The quantitative estimate of drug-likeness (QED) is 0.576. The number of rotatable bonds is 1. The van der Waals surface area contributed by atoms with Gasteiger partial charge >= 0.3 is 0 Å². The Morgan fingerprint density at radius 2 is 1.41 bits per heavy atom. The summed E-state index contributed by atoms with van der Waals surface area (Å²) in [4.78, 5) is 0. The van der Waals surface area contributed by atoms with Crippen LogP contribution in [0.25, 0.3) is 0 Å². The van der Waals surface area contributed by atoms with Crippen LogP contribution in [-0.2, 0) is 0 Å². The second kappa shape index (κ2) is 6.71. The third kappa shape index (κ3) is 2.63. The van der Waals surface area contributed by atoms with Crippen LogP contribution >= 0.6 is 0 Å². The van der Waals surface area contributed by atoms with Crippen molar-refractivity contribution in [1.82, 2.24) is 0 Å². The van der Waals surface area contributed by atoms with E-state index >= 15 is 0 Å². The van der Waals surface area contributed by atoms with E-state index < -0.39 is 5.60 Å². The Hall–Kier alpha value is -2.12. The largest absolute Gasteiger partial charge is 0.385 e. The van der Waals surface area contributed by atoms with Crippen molar-refractivity contribution >= 4 is 0 Å². The first-order valence-electron chi connectivity index (χ1n) is 11.5. The zero-order valence-electron chi connectivity index (χ0n) is 17.0. The van der Waals surface area contributed by atoms with Crippen molar-refractivity contribution in [2.45, 2.75) is 44.1 Å². The van der Waals surface area contributed by atoms with Crippen LogP contribution in [0, 0.1) is 29.6 Å². The Morgan fingerprint density at radius 1 is 0.724 bits per heavy atom. The van der Waals surface area contributed by atoms with Gasteiger partial charge in [0.1, 0.15) is 0 Å². The number of fused-ring (bicyclic) bond motifs is 6. The summed E-state index contributed by atoms with van der Waals surface area (Å²) in [5.41, 5.74) is 5.01. The molecule has 0 bridgehead atoms. The molecule has 0 spiro atoms. The molecule has 0 aromatic carbocycles. The van der Waals surface area contributed by atoms with Crippen LogP contribution in [0.3, 0.4) is 0 Å². The maximum Gasteiger partial charge on any atom is 0.0928 e. The lowest BCUT2D eigenvalue weighted by atomic mass is 9.55. The smallest absolute Gasteiger partial charge is 0.0928 e. The first kappa shape index (κ1) is 17.7. The lowest BCUT2D eigenvalue weighted by molar-refractivity contribution is -0.0198. The molecule has 6 unspecified atom stereocenters. The third-order valence-corrected chi connectivity index (χ3v) is 8.38. The molecule has 148 valence electrons. The van der Waals surface area contributed by atoms with Crippen LogP contribution in [0.2, 0.25) is 0 Å². The second-order valence-electron chi connectivity index (χ2n) is 9.67. The van der Waals surface area contributed by atoms with Gasteiger partial charge < -0.3 is 5.11 Å². The molecule has 6 aliphatic rings. The van der Waals surface area contributed by atoms with Crippen LogP contribution in [-0.4, -0.2) is 10.7 Å². The molecule has 6 aliphatic carbocycles. The molecule has 1 heteroatoms. The first-order valence-corrected chi connectivity index (χ1v) is 11.5. The zero-order chi connectivity index (χ0) is 19.4. The van der Waals surface area contributed by atoms with Crippen LogP contribution in [0.1, 0.15) is 38.5 Å². The lowest BCUT2D eigenvalue weighted by Crippen LogP contribution is -2.50. The van der Waals surface area contributed by atoms with Crippen molar-refractivity contribution < 1.29 is 5.11 Å². The molecule has 0 amide bonds. The molecule has 0 saturated heterocycles. The van der Waals surface area contributed by atoms with Crippen molar-refractivity contribution in [2.75, 3.05) is 0 Å². The van der Waals surface area contributed by atoms with E-state index in [2.05, 4.69) is 72.9 Å². The highest BCUT2D eigenvalue weighted by Crippen LogP contribution is 2.56. The Morgan fingerprint density at radius 3 is 2.21 bits per heavy atom. The van der Waals surface area contributed by atoms with E-state index in [0.29, 0.717) is 23.7 Å². The van der Waals surface area contributed by atoms with E-state index in [1.165, 1.54) is 41.6 Å². The molecule has 2 saturated carbocycles. The molecule has 6 rings (SSSR count). The fourth-order valence-electron chi connectivity index (χ4n) is 7.09. The molecule has 2 fully saturated rings. The predicted octanol–water partition coefficient (Wildman–Crippen LogP) is 6.15. The van der Waals surface area contributed by atoms with Crippen molar-refractivity contribution in [3.05, 3.63) is 95.2 Å². The van der Waals surface area contributed by atoms with Crippen LogP contribution in [0.5, 0.6) is 0 Å². The van der Waals surface area contributed by atoms with E-state index in [4.69, 9.17) is 0 Å². The van der Waals surface area contributed by atoms with Gasteiger partial charge in [-0.05, 0) is 60.7 Å². The van der Waals surface area contributed by atoms with E-state index in [1.54, 1.807) is 0 Å². The van der Waals surface area contributed by atoms with Gasteiger partial charge in [-0.1, -0.05) is 84.9 Å². The molecule has 0 aromatic rings. The van der Waals surface area contributed by atoms with Gasteiger partial charge in [-0.2, -0.15) is 0 Å². The van der Waals surface area contributed by atoms with Gasteiger partial charge in [0.25, 0.3) is 0 Å². The van der Waals surface area contributed by atoms with Gasteiger partial charge in [-0.3, -0.25) is 0 Å². The Labute approximate surface area is 174 Å². The molecule has 1 N–H and O–H groups in total. The number of hydrogen-bond donors (Lipinski definition) is 1. The topological polar surface area (TPSA) is 20.2 Å². The summed E-state index contributed by atoms with van der Waals surface area (Å²) in [5, 5.41) is 12.3. The standard InChI is InChI=1S/C28H30O/c29-28(18-6-12-24-22-10-4-2-8-20(22)15-17-27(24)28)26-13-5-11-23-21-9-3-1-7-19(21)14-16-25(23)26/h1-4,7-10,14-17,21-24,26,29H,5-6,11-13,18H2. The highest BCUT2D eigenvalue weighted by atomic mass is 16.3. The van der Waals surface area contributed by atoms with Crippen molar-refractivity contribution in [3.8, 4) is 0 Å². The fourth-order valence-corrected chi connectivity index (χ4v) is 7.09. The normalized spacial score (nSPS) is 41.9. The third-order valence-electron chi connectivity index (χ3n) is 8.38. The molecular weight excluding hydrogens is 352 g/mol. The molecular formula is C28H30O. The molecule has 1 nitrogen and oxygen atoms in total. The van der Waals surface area contributed by atoms with E-state index in [9.17, 15) is 5.11 Å². The number of allylic oxidation sites excluding steroid dienone is 14. The van der Waals surface area contributed by atoms with Gasteiger partial charge in [0.05, 0.1) is 5.60 Å². The summed E-state index contributed by atoms with van der Waals surface area (Å²) >= 11 is 0. The molecule has 29 heavy (non-hydrogen) atoms. The Balaban J connectivity index is 1.41. The summed E-state index contributed by atoms with van der Waals surface area (Å²) < 4.78 is 0. The van der Waals surface area contributed by atoms with Crippen molar-refractivity contribution in [2.24, 2.45) is 29.6 Å². The average Bonchev–Trinajstić information content (AvgIpc) is 2.78. The minimum absolute atomic E-state index is 0.269. The maximum atomic E-state index is 12.3. The summed E-state index contributed by atoms with van der Waals surface area (Å²) in [6.07, 6.45) is 34.0. The van der Waals surface area contributed by atoms with Gasteiger partial charge in [0.2, 0.25) is 0 Å². The average molecular weight is 383 g/mol. The molecule has 0 heterocycles. The highest BCUT2D eigenvalue weighted by molar-refractivity contribution is 5.48. The van der Waals surface area contributed by atoms with Gasteiger partial charge in [0.15, 0.2) is 0 Å². The SMILES string of the molecule is OC1(C2CCCC3C2=CC=C2C=CC=CC23)CCCC2C1=CC=C1C=CC=CC12. The lowest BCUT2D eigenvalue weighted by Gasteiger charge is -2.52.